The zero-order valence-corrected chi connectivity index (χ0v) is 11.7. The Bertz CT molecular complexity index is 469. The van der Waals surface area contributed by atoms with Crippen LogP contribution in [0.15, 0.2) is 24.3 Å². The number of sulfone groups is 1. The molecule has 0 aliphatic heterocycles. The van der Waals surface area contributed by atoms with Crippen molar-refractivity contribution >= 4 is 9.84 Å². The number of hydrogen-bond donors (Lipinski definition) is 1. The Kier molecular flexibility index (Phi) is 5.62. The van der Waals surface area contributed by atoms with Gasteiger partial charge in [-0.25, -0.2) is 8.42 Å². The van der Waals surface area contributed by atoms with Crippen molar-refractivity contribution in [1.82, 2.24) is 0 Å². The maximum atomic E-state index is 11.3. The Morgan fingerprint density at radius 3 is 2.61 bits per heavy atom. The zero-order chi connectivity index (χ0) is 13.6. The highest BCUT2D eigenvalue weighted by Gasteiger charge is 2.09. The molecule has 0 fully saturated rings. The highest BCUT2D eigenvalue weighted by Crippen LogP contribution is 2.23. The van der Waals surface area contributed by atoms with E-state index in [1.54, 1.807) is 6.92 Å². The second-order valence-electron chi connectivity index (χ2n) is 4.26. The fourth-order valence-electron chi connectivity index (χ4n) is 1.59. The van der Waals surface area contributed by atoms with E-state index in [4.69, 9.17) is 10.5 Å². The van der Waals surface area contributed by atoms with E-state index in [-0.39, 0.29) is 17.5 Å². The van der Waals surface area contributed by atoms with E-state index in [1.807, 2.05) is 31.2 Å². The van der Waals surface area contributed by atoms with Crippen LogP contribution in [0.1, 0.15) is 31.9 Å². The summed E-state index contributed by atoms with van der Waals surface area (Å²) in [6.45, 7) is 3.94. The summed E-state index contributed by atoms with van der Waals surface area (Å²) >= 11 is 0. The maximum absolute atomic E-state index is 11.3. The predicted octanol–water partition coefficient (Wildman–Crippen LogP) is 1.91. The molecule has 0 aliphatic rings. The van der Waals surface area contributed by atoms with Crippen LogP contribution in [0.2, 0.25) is 0 Å². The lowest BCUT2D eigenvalue weighted by Gasteiger charge is -2.13. The molecule has 18 heavy (non-hydrogen) atoms. The molecule has 1 aromatic carbocycles. The van der Waals surface area contributed by atoms with E-state index in [1.165, 1.54) is 0 Å². The van der Waals surface area contributed by atoms with E-state index in [0.29, 0.717) is 13.0 Å². The third-order valence-electron chi connectivity index (χ3n) is 2.71. The number of para-hydroxylation sites is 1. The first-order valence-corrected chi connectivity index (χ1v) is 7.96. The van der Waals surface area contributed by atoms with Crippen LogP contribution < -0.4 is 10.5 Å². The molecular formula is C13H21NO3S. The molecule has 0 spiro atoms. The third kappa shape index (κ3) is 4.66. The van der Waals surface area contributed by atoms with E-state index < -0.39 is 9.84 Å². The van der Waals surface area contributed by atoms with Gasteiger partial charge in [0.05, 0.1) is 12.4 Å². The summed E-state index contributed by atoms with van der Waals surface area (Å²) in [6.07, 6.45) is 0.503. The molecule has 2 N–H and O–H groups in total. The lowest BCUT2D eigenvalue weighted by molar-refractivity contribution is 0.313. The zero-order valence-electron chi connectivity index (χ0n) is 10.9. The van der Waals surface area contributed by atoms with E-state index in [9.17, 15) is 8.42 Å². The molecule has 4 nitrogen and oxygen atoms in total. The Hall–Kier alpha value is -1.07. The van der Waals surface area contributed by atoms with Crippen molar-refractivity contribution in [3.63, 3.8) is 0 Å². The average molecular weight is 271 g/mol. The number of ether oxygens (including phenoxy) is 1. The second kappa shape index (κ2) is 6.75. The first-order chi connectivity index (χ1) is 8.46. The normalized spacial score (nSPS) is 13.3. The van der Waals surface area contributed by atoms with Crippen LogP contribution in [0.3, 0.4) is 0 Å². The van der Waals surface area contributed by atoms with Crippen molar-refractivity contribution in [2.75, 3.05) is 18.1 Å². The van der Waals surface area contributed by atoms with Crippen LogP contribution in [0, 0.1) is 0 Å². The van der Waals surface area contributed by atoms with Crippen molar-refractivity contribution in [2.24, 2.45) is 5.73 Å². The fraction of sp³-hybridized carbons (Fsp3) is 0.538. The molecular weight excluding hydrogens is 250 g/mol. The summed E-state index contributed by atoms with van der Waals surface area (Å²) < 4.78 is 28.2. The van der Waals surface area contributed by atoms with E-state index in [2.05, 4.69) is 0 Å². The minimum atomic E-state index is -2.91. The molecule has 1 rings (SSSR count). The smallest absolute Gasteiger partial charge is 0.150 e. The SMILES string of the molecule is CCS(=O)(=O)CCCOc1ccccc1[C@@H](C)N. The molecule has 1 atom stereocenters. The third-order valence-corrected chi connectivity index (χ3v) is 4.50. The lowest BCUT2D eigenvalue weighted by Crippen LogP contribution is -2.13. The monoisotopic (exact) mass is 271 g/mol. The van der Waals surface area contributed by atoms with Crippen LogP contribution in [-0.2, 0) is 9.84 Å². The van der Waals surface area contributed by atoms with Gasteiger partial charge < -0.3 is 10.5 Å². The van der Waals surface area contributed by atoms with Crippen LogP contribution in [0.5, 0.6) is 5.75 Å². The average Bonchev–Trinajstić information content (AvgIpc) is 2.35. The quantitative estimate of drug-likeness (QED) is 0.769. The summed E-state index contributed by atoms with van der Waals surface area (Å²) in [5.74, 6) is 1.09. The molecule has 0 amide bonds. The van der Waals surface area contributed by atoms with Crippen molar-refractivity contribution in [1.29, 1.82) is 0 Å². The number of nitrogens with two attached hydrogens (primary N) is 1. The first-order valence-electron chi connectivity index (χ1n) is 6.14. The molecule has 0 aliphatic carbocycles. The Labute approximate surface area is 109 Å². The van der Waals surface area contributed by atoms with Gasteiger partial charge in [0.25, 0.3) is 0 Å². The van der Waals surface area contributed by atoms with Crippen molar-refractivity contribution in [3.05, 3.63) is 29.8 Å². The summed E-state index contributed by atoms with van der Waals surface area (Å²) in [5, 5.41) is 0. The van der Waals surface area contributed by atoms with Gasteiger partial charge >= 0.3 is 0 Å². The molecule has 0 saturated heterocycles. The molecule has 0 heterocycles. The Morgan fingerprint density at radius 1 is 1.33 bits per heavy atom. The van der Waals surface area contributed by atoms with Gasteiger partial charge in [0.1, 0.15) is 15.6 Å². The molecule has 0 saturated carbocycles. The van der Waals surface area contributed by atoms with Crippen LogP contribution in [0.25, 0.3) is 0 Å². The van der Waals surface area contributed by atoms with Gasteiger partial charge in [-0.05, 0) is 19.4 Å². The number of hydrogen-bond acceptors (Lipinski definition) is 4. The largest absolute Gasteiger partial charge is 0.493 e. The first kappa shape index (κ1) is 15.0. The van der Waals surface area contributed by atoms with Crippen molar-refractivity contribution in [3.8, 4) is 5.75 Å². The molecule has 1 aromatic rings. The van der Waals surface area contributed by atoms with Gasteiger partial charge in [-0.3, -0.25) is 0 Å². The van der Waals surface area contributed by atoms with Gasteiger partial charge in [-0.1, -0.05) is 25.1 Å². The van der Waals surface area contributed by atoms with Crippen molar-refractivity contribution < 1.29 is 13.2 Å². The standard InChI is InChI=1S/C13H21NO3S/c1-3-18(15,16)10-6-9-17-13-8-5-4-7-12(13)11(2)14/h4-5,7-8,11H,3,6,9-10,14H2,1-2H3/t11-/m1/s1. The summed E-state index contributed by atoms with van der Waals surface area (Å²) in [6, 6.07) is 7.47. The molecule has 102 valence electrons. The summed E-state index contributed by atoms with van der Waals surface area (Å²) in [7, 11) is -2.91. The van der Waals surface area contributed by atoms with Crippen LogP contribution >= 0.6 is 0 Å². The molecule has 5 heteroatoms. The highest BCUT2D eigenvalue weighted by molar-refractivity contribution is 7.91. The predicted molar refractivity (Wildman–Crippen MR) is 73.5 cm³/mol. The molecule has 0 radical (unpaired) electrons. The van der Waals surface area contributed by atoms with Gasteiger partial charge in [0, 0.05) is 17.4 Å². The number of benzene rings is 1. The van der Waals surface area contributed by atoms with E-state index >= 15 is 0 Å². The Balaban J connectivity index is 2.50. The van der Waals surface area contributed by atoms with Crippen molar-refractivity contribution in [2.45, 2.75) is 26.3 Å². The molecule has 0 aromatic heterocycles. The van der Waals surface area contributed by atoms with Gasteiger partial charge in [-0.2, -0.15) is 0 Å². The van der Waals surface area contributed by atoms with E-state index in [0.717, 1.165) is 11.3 Å². The summed E-state index contributed by atoms with van der Waals surface area (Å²) in [5.41, 5.74) is 6.77. The van der Waals surface area contributed by atoms with Crippen LogP contribution in [-0.4, -0.2) is 26.5 Å². The topological polar surface area (TPSA) is 69.4 Å². The second-order valence-corrected chi connectivity index (χ2v) is 6.74. The molecule has 0 bridgehead atoms. The lowest BCUT2D eigenvalue weighted by atomic mass is 10.1. The van der Waals surface area contributed by atoms with Gasteiger partial charge in [0.2, 0.25) is 0 Å². The minimum Gasteiger partial charge on any atom is -0.493 e. The van der Waals surface area contributed by atoms with Gasteiger partial charge in [0.15, 0.2) is 0 Å². The highest BCUT2D eigenvalue weighted by atomic mass is 32.2. The Morgan fingerprint density at radius 2 is 2.00 bits per heavy atom. The number of rotatable bonds is 7. The summed E-state index contributed by atoms with van der Waals surface area (Å²) in [4.78, 5) is 0. The maximum Gasteiger partial charge on any atom is 0.150 e. The fourth-order valence-corrected chi connectivity index (χ4v) is 2.44. The molecule has 0 unspecified atom stereocenters. The minimum absolute atomic E-state index is 0.0967. The van der Waals surface area contributed by atoms with Gasteiger partial charge in [-0.15, -0.1) is 0 Å². The van der Waals surface area contributed by atoms with Crippen LogP contribution in [0.4, 0.5) is 0 Å².